The molecule has 0 atom stereocenters. The third-order valence-electron chi connectivity index (χ3n) is 3.48. The van der Waals surface area contributed by atoms with E-state index in [1.165, 1.54) is 0 Å². The monoisotopic (exact) mass is 289 g/mol. The molecule has 0 fully saturated rings. The van der Waals surface area contributed by atoms with Gasteiger partial charge >= 0.3 is 7.12 Å². The highest BCUT2D eigenvalue weighted by Gasteiger charge is 2.21. The highest BCUT2D eigenvalue weighted by molar-refractivity contribution is 6.60. The summed E-state index contributed by atoms with van der Waals surface area (Å²) in [6.07, 6.45) is 0. The van der Waals surface area contributed by atoms with Crippen molar-refractivity contribution in [1.82, 2.24) is 0 Å². The Morgan fingerprint density at radius 2 is 1.05 bits per heavy atom. The topological polar surface area (TPSA) is 43.7 Å². The second-order valence-electron chi connectivity index (χ2n) is 4.94. The van der Waals surface area contributed by atoms with Gasteiger partial charge in [0.05, 0.1) is 0 Å². The van der Waals surface area contributed by atoms with Gasteiger partial charge in [-0.05, 0) is 30.3 Å². The first kappa shape index (κ1) is 14.4. The van der Waals surface area contributed by atoms with E-state index < -0.39 is 7.12 Å². The molecule has 0 heterocycles. The highest BCUT2D eigenvalue weighted by Crippen LogP contribution is 2.32. The van der Waals surface area contributed by atoms with Crippen molar-refractivity contribution in [3.05, 3.63) is 84.9 Å². The zero-order valence-corrected chi connectivity index (χ0v) is 12.0. The summed E-state index contributed by atoms with van der Waals surface area (Å²) in [6, 6.07) is 27.0. The molecule has 3 rings (SSSR count). The molecular formula is C18H16BNO2. The van der Waals surface area contributed by atoms with E-state index in [4.69, 9.17) is 0 Å². The van der Waals surface area contributed by atoms with Crippen molar-refractivity contribution in [2.45, 2.75) is 0 Å². The van der Waals surface area contributed by atoms with Crippen LogP contribution in [-0.2, 0) is 0 Å². The van der Waals surface area contributed by atoms with Crippen molar-refractivity contribution in [2.24, 2.45) is 0 Å². The van der Waals surface area contributed by atoms with Gasteiger partial charge in [-0.25, -0.2) is 0 Å². The van der Waals surface area contributed by atoms with Gasteiger partial charge in [0.25, 0.3) is 0 Å². The van der Waals surface area contributed by atoms with Crippen LogP contribution in [0.25, 0.3) is 0 Å². The van der Waals surface area contributed by atoms with E-state index >= 15 is 0 Å². The predicted octanol–water partition coefficient (Wildman–Crippen LogP) is 2.84. The minimum absolute atomic E-state index is 0.468. The summed E-state index contributed by atoms with van der Waals surface area (Å²) in [7, 11) is -1.52. The van der Waals surface area contributed by atoms with Gasteiger partial charge in [0.1, 0.15) is 0 Å². The van der Waals surface area contributed by atoms with Crippen LogP contribution >= 0.6 is 0 Å². The first-order valence-electron chi connectivity index (χ1n) is 7.12. The lowest BCUT2D eigenvalue weighted by molar-refractivity contribution is 0.426. The average Bonchev–Trinajstić information content (AvgIpc) is 2.57. The molecule has 0 amide bonds. The quantitative estimate of drug-likeness (QED) is 0.726. The Kier molecular flexibility index (Phi) is 4.23. The Morgan fingerprint density at radius 1 is 0.591 bits per heavy atom. The lowest BCUT2D eigenvalue weighted by atomic mass is 9.78. The molecule has 0 aliphatic carbocycles. The standard InChI is InChI=1S/C18H16BNO2/c21-19(22)17-13-7-8-14-18(17)20(15-9-3-1-4-10-15)16-11-5-2-6-12-16/h1-14,21-22H. The van der Waals surface area contributed by atoms with Crippen LogP contribution in [0.1, 0.15) is 0 Å². The minimum atomic E-state index is -1.52. The van der Waals surface area contributed by atoms with Gasteiger partial charge in [0.2, 0.25) is 0 Å². The molecular weight excluding hydrogens is 273 g/mol. The van der Waals surface area contributed by atoms with Crippen LogP contribution in [0.4, 0.5) is 17.1 Å². The Morgan fingerprint density at radius 3 is 1.55 bits per heavy atom. The molecule has 2 N–H and O–H groups in total. The van der Waals surface area contributed by atoms with Crippen molar-refractivity contribution in [3.8, 4) is 0 Å². The van der Waals surface area contributed by atoms with Gasteiger partial charge in [0, 0.05) is 22.5 Å². The number of anilines is 3. The number of benzene rings is 3. The Balaban J connectivity index is 2.19. The number of hydrogen-bond acceptors (Lipinski definition) is 3. The van der Waals surface area contributed by atoms with E-state index in [1.54, 1.807) is 12.1 Å². The third-order valence-corrected chi connectivity index (χ3v) is 3.48. The first-order valence-corrected chi connectivity index (χ1v) is 7.12. The van der Waals surface area contributed by atoms with E-state index in [1.807, 2.05) is 77.7 Å². The fraction of sp³-hybridized carbons (Fsp3) is 0. The third kappa shape index (κ3) is 2.88. The summed E-state index contributed by atoms with van der Waals surface area (Å²) in [5.41, 5.74) is 3.13. The zero-order chi connectivity index (χ0) is 15.4. The van der Waals surface area contributed by atoms with Crippen molar-refractivity contribution in [3.63, 3.8) is 0 Å². The van der Waals surface area contributed by atoms with Crippen LogP contribution < -0.4 is 10.4 Å². The summed E-state index contributed by atoms with van der Waals surface area (Å²) in [5, 5.41) is 19.4. The van der Waals surface area contributed by atoms with Gasteiger partial charge in [0.15, 0.2) is 0 Å². The van der Waals surface area contributed by atoms with Crippen LogP contribution in [-0.4, -0.2) is 17.2 Å². The molecule has 4 heteroatoms. The Hall–Kier alpha value is -2.56. The molecule has 0 bridgehead atoms. The minimum Gasteiger partial charge on any atom is -0.423 e. The van der Waals surface area contributed by atoms with E-state index in [2.05, 4.69) is 0 Å². The summed E-state index contributed by atoms with van der Waals surface area (Å²) < 4.78 is 0. The number of rotatable bonds is 4. The summed E-state index contributed by atoms with van der Waals surface area (Å²) in [5.74, 6) is 0. The molecule has 0 saturated heterocycles. The molecule has 0 aromatic heterocycles. The molecule has 0 spiro atoms. The Bertz CT molecular complexity index is 693. The second kappa shape index (κ2) is 6.47. The summed E-state index contributed by atoms with van der Waals surface area (Å²) >= 11 is 0. The van der Waals surface area contributed by atoms with E-state index in [9.17, 15) is 10.0 Å². The molecule has 0 radical (unpaired) electrons. The molecule has 3 aromatic rings. The van der Waals surface area contributed by atoms with Crippen molar-refractivity contribution in [2.75, 3.05) is 4.90 Å². The molecule has 0 unspecified atom stereocenters. The molecule has 0 saturated carbocycles. The lowest BCUT2D eigenvalue weighted by Crippen LogP contribution is -2.34. The largest absolute Gasteiger partial charge is 0.490 e. The fourth-order valence-electron chi connectivity index (χ4n) is 2.49. The van der Waals surface area contributed by atoms with E-state index in [0.29, 0.717) is 5.46 Å². The van der Waals surface area contributed by atoms with Gasteiger partial charge in [-0.3, -0.25) is 0 Å². The van der Waals surface area contributed by atoms with Gasteiger partial charge in [-0.15, -0.1) is 0 Å². The zero-order valence-electron chi connectivity index (χ0n) is 12.0. The first-order chi connectivity index (χ1) is 10.8. The lowest BCUT2D eigenvalue weighted by Gasteiger charge is -2.27. The van der Waals surface area contributed by atoms with E-state index in [-0.39, 0.29) is 0 Å². The van der Waals surface area contributed by atoms with Crippen molar-refractivity contribution in [1.29, 1.82) is 0 Å². The van der Waals surface area contributed by atoms with Crippen LogP contribution in [0.3, 0.4) is 0 Å². The van der Waals surface area contributed by atoms with Gasteiger partial charge < -0.3 is 14.9 Å². The average molecular weight is 289 g/mol. The number of hydrogen-bond donors (Lipinski definition) is 2. The highest BCUT2D eigenvalue weighted by atomic mass is 16.4. The maximum absolute atomic E-state index is 9.68. The predicted molar refractivity (Wildman–Crippen MR) is 91.0 cm³/mol. The van der Waals surface area contributed by atoms with Crippen molar-refractivity contribution < 1.29 is 10.0 Å². The van der Waals surface area contributed by atoms with E-state index in [0.717, 1.165) is 17.1 Å². The van der Waals surface area contributed by atoms with Crippen LogP contribution in [0, 0.1) is 0 Å². The van der Waals surface area contributed by atoms with Gasteiger partial charge in [-0.2, -0.15) is 0 Å². The van der Waals surface area contributed by atoms with Crippen LogP contribution in [0.15, 0.2) is 84.9 Å². The van der Waals surface area contributed by atoms with Gasteiger partial charge in [-0.1, -0.05) is 54.6 Å². The smallest absolute Gasteiger partial charge is 0.423 e. The maximum atomic E-state index is 9.68. The normalized spacial score (nSPS) is 10.3. The second-order valence-corrected chi connectivity index (χ2v) is 4.94. The Labute approximate surface area is 130 Å². The molecule has 108 valence electrons. The molecule has 0 aliphatic rings. The molecule has 0 aliphatic heterocycles. The maximum Gasteiger partial charge on any atom is 0.490 e. The molecule has 3 nitrogen and oxygen atoms in total. The number of nitrogens with zero attached hydrogens (tertiary/aromatic N) is 1. The summed E-state index contributed by atoms with van der Waals surface area (Å²) in [4.78, 5) is 2.01. The fourth-order valence-corrected chi connectivity index (χ4v) is 2.49. The van der Waals surface area contributed by atoms with Crippen LogP contribution in [0.5, 0.6) is 0 Å². The van der Waals surface area contributed by atoms with Crippen LogP contribution in [0.2, 0.25) is 0 Å². The molecule has 22 heavy (non-hydrogen) atoms. The van der Waals surface area contributed by atoms with Crippen molar-refractivity contribution >= 4 is 29.6 Å². The number of para-hydroxylation sites is 3. The summed E-state index contributed by atoms with van der Waals surface area (Å²) in [6.45, 7) is 0. The molecule has 3 aromatic carbocycles. The SMILES string of the molecule is OB(O)c1ccccc1N(c1ccccc1)c1ccccc1.